The Morgan fingerprint density at radius 3 is 2.81 bits per heavy atom. The van der Waals surface area contributed by atoms with Crippen LogP contribution in [0, 0.1) is 5.82 Å². The molecular weight excluding hydrogens is 291 g/mol. The second kappa shape index (κ2) is 5.37. The number of aryl methyl sites for hydroxylation is 1. The third-order valence-corrected chi connectivity index (χ3v) is 3.68. The topological polar surface area (TPSA) is 38.0 Å². The highest BCUT2D eigenvalue weighted by Crippen LogP contribution is 2.33. The fraction of sp³-hybridized carbons (Fsp3) is 0.188. The Morgan fingerprint density at radius 2 is 2.05 bits per heavy atom. The van der Waals surface area contributed by atoms with E-state index in [9.17, 15) is 9.50 Å². The van der Waals surface area contributed by atoms with Gasteiger partial charge in [-0.05, 0) is 42.8 Å². The fourth-order valence-corrected chi connectivity index (χ4v) is 2.64. The third-order valence-electron chi connectivity index (χ3n) is 3.35. The molecule has 0 aliphatic carbocycles. The molecule has 0 fully saturated rings. The van der Waals surface area contributed by atoms with Gasteiger partial charge in [-0.2, -0.15) is 0 Å². The number of nitrogens with zero attached hydrogens (tertiary/aromatic N) is 2. The molecule has 0 radical (unpaired) electrons. The average molecular weight is 305 g/mol. The van der Waals surface area contributed by atoms with Crippen LogP contribution in [0.5, 0.6) is 5.75 Å². The van der Waals surface area contributed by atoms with Crippen molar-refractivity contribution in [2.75, 3.05) is 0 Å². The van der Waals surface area contributed by atoms with Gasteiger partial charge >= 0.3 is 0 Å². The smallest absolute Gasteiger partial charge is 0.142 e. The van der Waals surface area contributed by atoms with Gasteiger partial charge in [0, 0.05) is 12.1 Å². The maximum Gasteiger partial charge on any atom is 0.142 e. The van der Waals surface area contributed by atoms with Gasteiger partial charge in [-0.15, -0.1) is 0 Å². The Balaban J connectivity index is 2.30. The molecule has 3 nitrogen and oxygen atoms in total. The molecule has 3 rings (SSSR count). The van der Waals surface area contributed by atoms with Gasteiger partial charge in [-0.25, -0.2) is 9.37 Å². The lowest BCUT2D eigenvalue weighted by molar-refractivity contribution is 0.475. The summed E-state index contributed by atoms with van der Waals surface area (Å²) < 4.78 is 15.4. The van der Waals surface area contributed by atoms with E-state index >= 15 is 0 Å². The lowest BCUT2D eigenvalue weighted by Gasteiger charge is -2.09. The van der Waals surface area contributed by atoms with E-state index in [0.717, 1.165) is 11.9 Å². The Hall–Kier alpha value is -2.07. The van der Waals surface area contributed by atoms with Gasteiger partial charge in [0.15, 0.2) is 0 Å². The first-order valence-corrected chi connectivity index (χ1v) is 7.12. The summed E-state index contributed by atoms with van der Waals surface area (Å²) in [6, 6.07) is 9.24. The lowest BCUT2D eigenvalue weighted by Crippen LogP contribution is -2.00. The zero-order valence-corrected chi connectivity index (χ0v) is 12.2. The van der Waals surface area contributed by atoms with Crippen molar-refractivity contribution >= 4 is 22.6 Å². The molecule has 1 aromatic heterocycles. The molecule has 5 heteroatoms. The zero-order chi connectivity index (χ0) is 15.0. The molecule has 1 heterocycles. The number of aromatic nitrogens is 2. The number of imidazole rings is 1. The van der Waals surface area contributed by atoms with Crippen LogP contribution in [0.2, 0.25) is 5.02 Å². The molecule has 21 heavy (non-hydrogen) atoms. The van der Waals surface area contributed by atoms with E-state index < -0.39 is 0 Å². The molecule has 3 aromatic rings. The molecule has 0 amide bonds. The van der Waals surface area contributed by atoms with Crippen LogP contribution in [-0.4, -0.2) is 14.7 Å². The van der Waals surface area contributed by atoms with Crippen LogP contribution in [0.4, 0.5) is 4.39 Å². The van der Waals surface area contributed by atoms with Crippen LogP contribution < -0.4 is 0 Å². The number of aromatic hydroxyl groups is 1. The molecule has 0 bridgehead atoms. The summed E-state index contributed by atoms with van der Waals surface area (Å²) in [7, 11) is 0. The highest BCUT2D eigenvalue weighted by Gasteiger charge is 2.15. The van der Waals surface area contributed by atoms with Crippen LogP contribution in [0.1, 0.15) is 13.3 Å². The maximum atomic E-state index is 13.5. The van der Waals surface area contributed by atoms with E-state index in [-0.39, 0.29) is 11.6 Å². The summed E-state index contributed by atoms with van der Waals surface area (Å²) in [5.41, 5.74) is 2.08. The van der Waals surface area contributed by atoms with Crippen molar-refractivity contribution in [2.24, 2.45) is 0 Å². The van der Waals surface area contributed by atoms with Crippen molar-refractivity contribution < 1.29 is 9.50 Å². The molecule has 0 saturated heterocycles. The van der Waals surface area contributed by atoms with Crippen LogP contribution >= 0.6 is 11.6 Å². The second-order valence-electron chi connectivity index (χ2n) is 4.88. The molecule has 108 valence electrons. The van der Waals surface area contributed by atoms with E-state index in [0.29, 0.717) is 28.5 Å². The minimum absolute atomic E-state index is 0.121. The summed E-state index contributed by atoms with van der Waals surface area (Å²) in [6.45, 7) is 2.74. The van der Waals surface area contributed by atoms with Crippen LogP contribution in [0.3, 0.4) is 0 Å². The highest BCUT2D eigenvalue weighted by atomic mass is 35.5. The SMILES string of the molecule is CCCn1c(-c2cc(O)ccc2Cl)nc2ccc(F)cc21. The van der Waals surface area contributed by atoms with E-state index in [1.807, 2.05) is 11.5 Å². The van der Waals surface area contributed by atoms with Gasteiger partial charge in [0.2, 0.25) is 0 Å². The molecule has 0 atom stereocenters. The summed E-state index contributed by atoms with van der Waals surface area (Å²) >= 11 is 6.22. The van der Waals surface area contributed by atoms with Gasteiger partial charge in [0.1, 0.15) is 17.4 Å². The predicted octanol–water partition coefficient (Wildman–Crippen LogP) is 4.61. The number of phenols is 1. The van der Waals surface area contributed by atoms with Gasteiger partial charge in [0.25, 0.3) is 0 Å². The number of hydrogen-bond acceptors (Lipinski definition) is 2. The van der Waals surface area contributed by atoms with Crippen LogP contribution in [0.15, 0.2) is 36.4 Å². The van der Waals surface area contributed by atoms with Gasteiger partial charge < -0.3 is 9.67 Å². The lowest BCUT2D eigenvalue weighted by atomic mass is 10.2. The van der Waals surface area contributed by atoms with Crippen LogP contribution in [0.25, 0.3) is 22.4 Å². The zero-order valence-electron chi connectivity index (χ0n) is 11.5. The molecular formula is C16H14ClFN2O. The summed E-state index contributed by atoms with van der Waals surface area (Å²) in [5, 5.41) is 10.2. The number of fused-ring (bicyclic) bond motifs is 1. The Labute approximate surface area is 126 Å². The molecule has 0 unspecified atom stereocenters. The van der Waals surface area contributed by atoms with Crippen molar-refractivity contribution in [2.45, 2.75) is 19.9 Å². The number of hydrogen-bond donors (Lipinski definition) is 1. The normalized spacial score (nSPS) is 11.2. The minimum Gasteiger partial charge on any atom is -0.508 e. The second-order valence-corrected chi connectivity index (χ2v) is 5.29. The van der Waals surface area contributed by atoms with E-state index in [1.54, 1.807) is 18.2 Å². The van der Waals surface area contributed by atoms with Crippen molar-refractivity contribution in [1.29, 1.82) is 0 Å². The Bertz CT molecular complexity index is 813. The fourth-order valence-electron chi connectivity index (χ4n) is 2.44. The Morgan fingerprint density at radius 1 is 1.24 bits per heavy atom. The van der Waals surface area contributed by atoms with Crippen molar-refractivity contribution in [3.63, 3.8) is 0 Å². The summed E-state index contributed by atoms with van der Waals surface area (Å²) in [6.07, 6.45) is 0.880. The first kappa shape index (κ1) is 13.9. The van der Waals surface area contributed by atoms with Crippen LogP contribution in [-0.2, 0) is 6.54 Å². The molecule has 1 N–H and O–H groups in total. The first-order chi connectivity index (χ1) is 10.1. The predicted molar refractivity (Wildman–Crippen MR) is 82.1 cm³/mol. The molecule has 0 aliphatic rings. The van der Waals surface area contributed by atoms with E-state index in [1.165, 1.54) is 18.2 Å². The van der Waals surface area contributed by atoms with Crippen molar-refractivity contribution in [1.82, 2.24) is 9.55 Å². The molecule has 0 spiro atoms. The molecule has 2 aromatic carbocycles. The minimum atomic E-state index is -0.298. The standard InChI is InChI=1S/C16H14ClFN2O/c1-2-7-20-15-8-10(18)3-6-14(15)19-16(20)12-9-11(21)4-5-13(12)17/h3-6,8-9,21H,2,7H2,1H3. The summed E-state index contributed by atoms with van der Waals surface area (Å²) in [5.74, 6) is 0.461. The third kappa shape index (κ3) is 2.47. The van der Waals surface area contributed by atoms with Gasteiger partial charge in [-0.1, -0.05) is 18.5 Å². The van der Waals surface area contributed by atoms with Crippen molar-refractivity contribution in [3.8, 4) is 17.1 Å². The van der Waals surface area contributed by atoms with Crippen molar-refractivity contribution in [3.05, 3.63) is 47.2 Å². The average Bonchev–Trinajstić information content (AvgIpc) is 2.80. The summed E-state index contributed by atoms with van der Waals surface area (Å²) in [4.78, 5) is 4.55. The van der Waals surface area contributed by atoms with Gasteiger partial charge in [-0.3, -0.25) is 0 Å². The maximum absolute atomic E-state index is 13.5. The van der Waals surface area contributed by atoms with E-state index in [4.69, 9.17) is 11.6 Å². The number of rotatable bonds is 3. The highest BCUT2D eigenvalue weighted by molar-refractivity contribution is 6.33. The molecule has 0 aliphatic heterocycles. The first-order valence-electron chi connectivity index (χ1n) is 6.75. The largest absolute Gasteiger partial charge is 0.508 e. The molecule has 0 saturated carbocycles. The Kier molecular flexibility index (Phi) is 3.55. The van der Waals surface area contributed by atoms with Gasteiger partial charge in [0.05, 0.1) is 16.1 Å². The number of halogens is 2. The number of benzene rings is 2. The number of phenolic OH excluding ortho intramolecular Hbond substituents is 1. The quantitative estimate of drug-likeness (QED) is 0.767. The van der Waals surface area contributed by atoms with E-state index in [2.05, 4.69) is 4.98 Å². The monoisotopic (exact) mass is 304 g/mol.